The molecule has 4 aliphatic rings. The van der Waals surface area contributed by atoms with Crippen LogP contribution < -0.4 is 0 Å². The molecule has 3 saturated carbocycles. The molecule has 4 rings (SSSR count). The van der Waals surface area contributed by atoms with Crippen LogP contribution in [0.3, 0.4) is 0 Å². The van der Waals surface area contributed by atoms with Crippen LogP contribution in [0.4, 0.5) is 0 Å². The predicted octanol–water partition coefficient (Wildman–Crippen LogP) is 4.11. The van der Waals surface area contributed by atoms with E-state index >= 15 is 0 Å². The zero-order chi connectivity index (χ0) is 22.4. The monoisotopic (exact) mass is 430 g/mol. The Morgan fingerprint density at radius 1 is 1.03 bits per heavy atom. The number of fused-ring (bicyclic) bond motifs is 5. The number of carboxylic acids is 1. The zero-order valence-corrected chi connectivity index (χ0v) is 18.7. The maximum atomic E-state index is 13.0. The van der Waals surface area contributed by atoms with Gasteiger partial charge in [-0.1, -0.05) is 19.4 Å². The summed E-state index contributed by atoms with van der Waals surface area (Å²) in [6, 6.07) is 0. The fourth-order valence-corrected chi connectivity index (χ4v) is 7.62. The number of esters is 1. The van der Waals surface area contributed by atoms with Crippen molar-refractivity contribution in [1.29, 1.82) is 0 Å². The number of carbonyl (C=O) groups excluding carboxylic acids is 3. The number of aliphatic carboxylic acids is 1. The second-order valence-corrected chi connectivity index (χ2v) is 10.7. The number of allylic oxidation sites excluding steroid dienone is 1. The summed E-state index contributed by atoms with van der Waals surface area (Å²) in [7, 11) is 0. The summed E-state index contributed by atoms with van der Waals surface area (Å²) in [4.78, 5) is 47.3. The zero-order valence-electron chi connectivity index (χ0n) is 18.7. The average Bonchev–Trinajstić information content (AvgIpc) is 3.08. The molecule has 31 heavy (non-hydrogen) atoms. The first-order chi connectivity index (χ1) is 14.6. The smallest absolute Gasteiger partial charge is 0.306 e. The molecule has 4 aliphatic carbocycles. The van der Waals surface area contributed by atoms with E-state index in [0.717, 1.165) is 44.9 Å². The van der Waals surface area contributed by atoms with Gasteiger partial charge in [0.1, 0.15) is 6.61 Å². The summed E-state index contributed by atoms with van der Waals surface area (Å²) >= 11 is 0. The van der Waals surface area contributed by atoms with Crippen LogP contribution in [0.1, 0.15) is 78.1 Å². The lowest BCUT2D eigenvalue weighted by atomic mass is 9.46. The number of carboxylic acid groups (broad SMARTS) is 1. The summed E-state index contributed by atoms with van der Waals surface area (Å²) in [5.41, 5.74) is 1.42. The van der Waals surface area contributed by atoms with E-state index in [1.165, 1.54) is 5.57 Å². The molecule has 1 N–H and O–H groups in total. The Morgan fingerprint density at radius 2 is 1.81 bits per heavy atom. The van der Waals surface area contributed by atoms with Crippen LogP contribution in [-0.2, 0) is 23.9 Å². The number of ketones is 2. The van der Waals surface area contributed by atoms with Gasteiger partial charge in [-0.05, 0) is 79.6 Å². The van der Waals surface area contributed by atoms with Gasteiger partial charge >= 0.3 is 11.9 Å². The van der Waals surface area contributed by atoms with E-state index in [0.29, 0.717) is 24.2 Å². The minimum Gasteiger partial charge on any atom is -0.481 e. The largest absolute Gasteiger partial charge is 0.481 e. The molecule has 0 aromatic rings. The molecule has 0 aliphatic heterocycles. The summed E-state index contributed by atoms with van der Waals surface area (Å²) in [6.45, 7) is 4.37. The predicted molar refractivity (Wildman–Crippen MR) is 113 cm³/mol. The van der Waals surface area contributed by atoms with E-state index in [1.807, 2.05) is 6.08 Å². The van der Waals surface area contributed by atoms with Crippen molar-refractivity contribution < 1.29 is 29.0 Å². The molecule has 3 fully saturated rings. The van der Waals surface area contributed by atoms with Crippen LogP contribution in [0.25, 0.3) is 0 Å². The van der Waals surface area contributed by atoms with Crippen molar-refractivity contribution in [3.63, 3.8) is 0 Å². The average molecular weight is 431 g/mol. The van der Waals surface area contributed by atoms with E-state index in [9.17, 15) is 19.2 Å². The van der Waals surface area contributed by atoms with E-state index in [4.69, 9.17) is 9.84 Å². The lowest BCUT2D eigenvalue weighted by molar-refractivity contribution is -0.152. The number of Topliss-reactive ketones (excluding diaryl/α,β-unsaturated/α-hetero) is 1. The molecule has 6 nitrogen and oxygen atoms in total. The van der Waals surface area contributed by atoms with Crippen molar-refractivity contribution in [1.82, 2.24) is 0 Å². The number of carbonyl (C=O) groups is 4. The number of hydrogen-bond donors (Lipinski definition) is 1. The van der Waals surface area contributed by atoms with Gasteiger partial charge in [-0.3, -0.25) is 19.2 Å². The number of hydrogen-bond acceptors (Lipinski definition) is 5. The van der Waals surface area contributed by atoms with Gasteiger partial charge in [0.25, 0.3) is 0 Å². The highest BCUT2D eigenvalue weighted by molar-refractivity contribution is 5.91. The third-order valence-electron chi connectivity index (χ3n) is 9.27. The van der Waals surface area contributed by atoms with Gasteiger partial charge < -0.3 is 9.84 Å². The Labute approximate surface area is 183 Å². The first kappa shape index (κ1) is 22.2. The van der Waals surface area contributed by atoms with E-state index < -0.39 is 11.9 Å². The molecule has 0 amide bonds. The molecule has 6 heteroatoms. The Hall–Kier alpha value is -1.98. The first-order valence-electron chi connectivity index (χ1n) is 11.8. The Kier molecular flexibility index (Phi) is 5.86. The minimum atomic E-state index is -1.05. The van der Waals surface area contributed by atoms with Crippen molar-refractivity contribution in [2.24, 2.45) is 34.5 Å². The topological polar surface area (TPSA) is 97.7 Å². The van der Waals surface area contributed by atoms with Gasteiger partial charge in [-0.15, -0.1) is 0 Å². The number of rotatable bonds is 6. The standard InChI is InChI=1S/C25H34O6/c1-24-11-9-16(26)13-15(24)3-4-17-18-5-6-20(25(18,2)12-10-19(17)24)21(27)14-31-23(30)8-7-22(28)29/h13,17-20H,3-12,14H2,1-2H3,(H,28,29)/t17-,18-,19-,20+,24+,25-/m1/s1. The molecule has 0 spiro atoms. The van der Waals surface area contributed by atoms with Crippen molar-refractivity contribution in [3.8, 4) is 0 Å². The fourth-order valence-electron chi connectivity index (χ4n) is 7.62. The normalized spacial score (nSPS) is 39.0. The highest BCUT2D eigenvalue weighted by atomic mass is 16.5. The van der Waals surface area contributed by atoms with Crippen molar-refractivity contribution in [2.75, 3.05) is 6.61 Å². The minimum absolute atomic E-state index is 0.0157. The number of ether oxygens (including phenoxy) is 1. The quantitative estimate of drug-likeness (QED) is 0.637. The lowest BCUT2D eigenvalue weighted by Crippen LogP contribution is -2.51. The highest BCUT2D eigenvalue weighted by Crippen LogP contribution is 2.66. The summed E-state index contributed by atoms with van der Waals surface area (Å²) in [6.07, 6.45) is 9.11. The molecule has 0 saturated heterocycles. The molecule has 6 atom stereocenters. The van der Waals surface area contributed by atoms with Gasteiger partial charge in [0.05, 0.1) is 12.8 Å². The van der Waals surface area contributed by atoms with Crippen LogP contribution in [0, 0.1) is 34.5 Å². The maximum Gasteiger partial charge on any atom is 0.306 e. The van der Waals surface area contributed by atoms with Crippen molar-refractivity contribution in [2.45, 2.75) is 78.1 Å². The highest BCUT2D eigenvalue weighted by Gasteiger charge is 2.60. The molecular weight excluding hydrogens is 396 g/mol. The Bertz CT molecular complexity index is 828. The molecule has 0 heterocycles. The van der Waals surface area contributed by atoms with Gasteiger partial charge in [0.15, 0.2) is 11.6 Å². The van der Waals surface area contributed by atoms with Gasteiger partial charge in [-0.2, -0.15) is 0 Å². The Morgan fingerprint density at radius 3 is 2.55 bits per heavy atom. The SMILES string of the molecule is C[C@@]12CC[C@@H]3[C@H](CCC4=CC(=O)CC[C@@]43C)[C@H]1CC[C@H]2C(=O)COC(=O)CCC(=O)O. The molecular formula is C25H34O6. The molecule has 0 radical (unpaired) electrons. The van der Waals surface area contributed by atoms with Crippen LogP contribution in [0.5, 0.6) is 0 Å². The van der Waals surface area contributed by atoms with Gasteiger partial charge in [0, 0.05) is 12.3 Å². The maximum absolute atomic E-state index is 13.0. The second kappa shape index (κ2) is 8.18. The van der Waals surface area contributed by atoms with Crippen molar-refractivity contribution >= 4 is 23.5 Å². The third kappa shape index (κ3) is 3.87. The van der Waals surface area contributed by atoms with Gasteiger partial charge in [-0.25, -0.2) is 0 Å². The van der Waals surface area contributed by atoms with Crippen LogP contribution >= 0.6 is 0 Å². The van der Waals surface area contributed by atoms with Crippen molar-refractivity contribution in [3.05, 3.63) is 11.6 Å². The summed E-state index contributed by atoms with van der Waals surface area (Å²) in [5.74, 6) is 0.168. The summed E-state index contributed by atoms with van der Waals surface area (Å²) < 4.78 is 5.10. The molecule has 170 valence electrons. The fraction of sp³-hybridized carbons (Fsp3) is 0.760. The van der Waals surface area contributed by atoms with Gasteiger partial charge in [0.2, 0.25) is 0 Å². The molecule has 0 aromatic carbocycles. The molecule has 0 bridgehead atoms. The summed E-state index contributed by atoms with van der Waals surface area (Å²) in [5, 5.41) is 8.68. The Balaban J connectivity index is 1.43. The first-order valence-corrected chi connectivity index (χ1v) is 11.8. The molecule has 0 aromatic heterocycles. The van der Waals surface area contributed by atoms with Crippen LogP contribution in [0.2, 0.25) is 0 Å². The van der Waals surface area contributed by atoms with E-state index in [2.05, 4.69) is 13.8 Å². The third-order valence-corrected chi connectivity index (χ3v) is 9.27. The van der Waals surface area contributed by atoms with Crippen LogP contribution in [-0.4, -0.2) is 35.2 Å². The lowest BCUT2D eigenvalue weighted by Gasteiger charge is -2.58. The van der Waals surface area contributed by atoms with E-state index in [-0.39, 0.29) is 47.8 Å². The van der Waals surface area contributed by atoms with E-state index in [1.54, 1.807) is 0 Å². The second-order valence-electron chi connectivity index (χ2n) is 10.7. The van der Waals surface area contributed by atoms with Crippen LogP contribution in [0.15, 0.2) is 11.6 Å². The molecule has 0 unspecified atom stereocenters.